The van der Waals surface area contributed by atoms with E-state index in [0.29, 0.717) is 6.04 Å². The Bertz CT molecular complexity index is 592. The van der Waals surface area contributed by atoms with Gasteiger partial charge in [-0.15, -0.1) is 17.0 Å². The molecule has 1 aliphatic heterocycles. The maximum Gasteiger partial charge on any atom is 0.0556 e. The summed E-state index contributed by atoms with van der Waals surface area (Å²) in [5.74, 6) is 0. The molecule has 0 aliphatic carbocycles. The van der Waals surface area contributed by atoms with Crippen LogP contribution in [0.1, 0.15) is 13.8 Å². The number of benzene rings is 2. The molecule has 0 saturated carbocycles. The molecule has 3 rings (SSSR count). The molecule has 0 fully saturated rings. The third-order valence-electron chi connectivity index (χ3n) is 3.10. The van der Waals surface area contributed by atoms with Gasteiger partial charge in [0.25, 0.3) is 0 Å². The van der Waals surface area contributed by atoms with Crippen molar-refractivity contribution < 1.29 is 0 Å². The largest absolute Gasteiger partial charge is 0.337 e. The summed E-state index contributed by atoms with van der Waals surface area (Å²) >= 11 is 8.95. The summed E-state index contributed by atoms with van der Waals surface area (Å²) in [6.45, 7) is 4.46. The molecule has 0 saturated heterocycles. The molecule has 2 aromatic carbocycles. The molecule has 0 spiro atoms. The Labute approximate surface area is 151 Å². The summed E-state index contributed by atoms with van der Waals surface area (Å²) in [5.41, 5.74) is 2.58. The van der Waals surface area contributed by atoms with Crippen LogP contribution in [-0.2, 0) is 0 Å². The van der Waals surface area contributed by atoms with E-state index >= 15 is 0 Å². The molecule has 106 valence electrons. The van der Waals surface area contributed by atoms with Crippen LogP contribution in [0.4, 0.5) is 11.4 Å². The van der Waals surface area contributed by atoms with Crippen LogP contribution in [0.3, 0.4) is 0 Å². The first kappa shape index (κ1) is 16.4. The average molecular weight is 480 g/mol. The summed E-state index contributed by atoms with van der Waals surface area (Å²) in [6, 6.07) is 13.4. The van der Waals surface area contributed by atoms with E-state index in [1.165, 1.54) is 21.2 Å². The monoisotopic (exact) mass is 477 g/mol. The zero-order chi connectivity index (χ0) is 13.6. The molecule has 1 aliphatic rings. The fourth-order valence-electron chi connectivity index (χ4n) is 2.34. The van der Waals surface area contributed by atoms with Crippen LogP contribution in [0.15, 0.2) is 55.1 Å². The molecular weight excluding hydrogens is 466 g/mol. The van der Waals surface area contributed by atoms with Crippen molar-refractivity contribution in [1.82, 2.24) is 0 Å². The predicted octanol–water partition coefficient (Wildman–Crippen LogP) is 6.80. The molecule has 0 radical (unpaired) electrons. The minimum Gasteiger partial charge on any atom is -0.337 e. The van der Waals surface area contributed by atoms with Gasteiger partial charge >= 0.3 is 0 Å². The zero-order valence-electron chi connectivity index (χ0n) is 11.1. The minimum atomic E-state index is 0. The fraction of sp³-hybridized carbons (Fsp3) is 0.200. The quantitative estimate of drug-likeness (QED) is 0.442. The Morgan fingerprint density at radius 2 is 1.35 bits per heavy atom. The zero-order valence-corrected chi connectivity index (χ0v) is 16.8. The van der Waals surface area contributed by atoms with E-state index in [1.807, 2.05) is 11.8 Å². The minimum absolute atomic E-state index is 0. The molecule has 0 aromatic heterocycles. The summed E-state index contributed by atoms with van der Waals surface area (Å²) in [7, 11) is 0. The van der Waals surface area contributed by atoms with Gasteiger partial charge in [-0.25, -0.2) is 0 Å². The van der Waals surface area contributed by atoms with Crippen LogP contribution >= 0.6 is 60.6 Å². The van der Waals surface area contributed by atoms with Gasteiger partial charge in [-0.1, -0.05) is 43.6 Å². The molecule has 1 heterocycles. The summed E-state index contributed by atoms with van der Waals surface area (Å²) < 4.78 is 2.25. The highest BCUT2D eigenvalue weighted by molar-refractivity contribution is 9.10. The number of hydrogen-bond donors (Lipinski definition) is 0. The van der Waals surface area contributed by atoms with Crippen molar-refractivity contribution in [3.63, 3.8) is 0 Å². The molecule has 0 bridgehead atoms. The number of halogens is 3. The van der Waals surface area contributed by atoms with Gasteiger partial charge in [0.2, 0.25) is 0 Å². The summed E-state index contributed by atoms with van der Waals surface area (Å²) in [4.78, 5) is 5.00. The second-order valence-electron chi connectivity index (χ2n) is 4.79. The van der Waals surface area contributed by atoms with Gasteiger partial charge in [-0.05, 0) is 50.2 Å². The lowest BCUT2D eigenvalue weighted by Crippen LogP contribution is -2.28. The van der Waals surface area contributed by atoms with Crippen LogP contribution in [0.25, 0.3) is 0 Å². The molecular formula is C15H14Br3NS. The molecule has 0 N–H and O–H groups in total. The first-order chi connectivity index (χ1) is 9.06. The van der Waals surface area contributed by atoms with Crippen molar-refractivity contribution >= 4 is 72.0 Å². The third-order valence-corrected chi connectivity index (χ3v) is 5.18. The average Bonchev–Trinajstić information content (AvgIpc) is 2.35. The summed E-state index contributed by atoms with van der Waals surface area (Å²) in [6.07, 6.45) is 0. The maximum atomic E-state index is 3.56. The second kappa shape index (κ2) is 6.42. The van der Waals surface area contributed by atoms with E-state index in [-0.39, 0.29) is 17.0 Å². The lowest BCUT2D eigenvalue weighted by molar-refractivity contribution is 0.772. The Morgan fingerprint density at radius 1 is 0.900 bits per heavy atom. The highest BCUT2D eigenvalue weighted by atomic mass is 79.9. The van der Waals surface area contributed by atoms with Crippen molar-refractivity contribution in [1.29, 1.82) is 0 Å². The number of nitrogens with zero attached hydrogens (tertiary/aromatic N) is 1. The first-order valence-electron chi connectivity index (χ1n) is 6.12. The van der Waals surface area contributed by atoms with E-state index < -0.39 is 0 Å². The topological polar surface area (TPSA) is 3.24 Å². The smallest absolute Gasteiger partial charge is 0.0556 e. The normalized spacial score (nSPS) is 12.8. The standard InChI is InChI=1S/C15H13Br2NS.BrH/c1-9(2)18-12-5-3-10(16)7-14(12)19-15-8-11(17)4-6-13(15)18;/h3-9H,1-2H3;1H. The van der Waals surface area contributed by atoms with Gasteiger partial charge in [0.05, 0.1) is 11.4 Å². The van der Waals surface area contributed by atoms with Crippen LogP contribution in [0.5, 0.6) is 0 Å². The van der Waals surface area contributed by atoms with Gasteiger partial charge in [0.15, 0.2) is 0 Å². The Kier molecular flexibility index (Phi) is 5.27. The van der Waals surface area contributed by atoms with Crippen molar-refractivity contribution in [2.24, 2.45) is 0 Å². The number of fused-ring (bicyclic) bond motifs is 2. The Hall–Kier alpha value is 0.0300. The van der Waals surface area contributed by atoms with Gasteiger partial charge < -0.3 is 4.90 Å². The van der Waals surface area contributed by atoms with Gasteiger partial charge in [-0.2, -0.15) is 0 Å². The lowest BCUT2D eigenvalue weighted by atomic mass is 10.2. The van der Waals surface area contributed by atoms with Crippen molar-refractivity contribution in [3.05, 3.63) is 45.3 Å². The Balaban J connectivity index is 0.00000147. The van der Waals surface area contributed by atoms with E-state index in [2.05, 4.69) is 87.0 Å². The van der Waals surface area contributed by atoms with Gasteiger partial charge in [0.1, 0.15) is 0 Å². The van der Waals surface area contributed by atoms with Crippen molar-refractivity contribution in [2.45, 2.75) is 29.7 Å². The molecule has 0 amide bonds. The SMILES string of the molecule is Br.CC(C)N1c2ccc(Br)cc2Sc2cc(Br)ccc21. The molecule has 0 atom stereocenters. The highest BCUT2D eigenvalue weighted by Crippen LogP contribution is 2.50. The molecule has 2 aromatic rings. The number of rotatable bonds is 1. The van der Waals surface area contributed by atoms with Crippen LogP contribution in [0, 0.1) is 0 Å². The van der Waals surface area contributed by atoms with Gasteiger partial charge in [0, 0.05) is 24.8 Å². The van der Waals surface area contributed by atoms with E-state index in [9.17, 15) is 0 Å². The van der Waals surface area contributed by atoms with E-state index in [4.69, 9.17) is 0 Å². The molecule has 20 heavy (non-hydrogen) atoms. The van der Waals surface area contributed by atoms with Crippen LogP contribution in [-0.4, -0.2) is 6.04 Å². The third kappa shape index (κ3) is 2.96. The lowest BCUT2D eigenvalue weighted by Gasteiger charge is -2.36. The predicted molar refractivity (Wildman–Crippen MR) is 100 cm³/mol. The second-order valence-corrected chi connectivity index (χ2v) is 7.71. The fourth-order valence-corrected chi connectivity index (χ4v) is 4.52. The van der Waals surface area contributed by atoms with Gasteiger partial charge in [-0.3, -0.25) is 0 Å². The van der Waals surface area contributed by atoms with E-state index in [0.717, 1.165) is 8.95 Å². The van der Waals surface area contributed by atoms with Crippen molar-refractivity contribution in [2.75, 3.05) is 4.90 Å². The summed E-state index contributed by atoms with van der Waals surface area (Å²) in [5, 5.41) is 0. The highest BCUT2D eigenvalue weighted by Gasteiger charge is 2.25. The Morgan fingerprint density at radius 3 is 1.75 bits per heavy atom. The van der Waals surface area contributed by atoms with Crippen LogP contribution < -0.4 is 4.90 Å². The number of anilines is 2. The number of hydrogen-bond acceptors (Lipinski definition) is 2. The van der Waals surface area contributed by atoms with Crippen molar-refractivity contribution in [3.8, 4) is 0 Å². The molecule has 0 unspecified atom stereocenters. The molecule has 1 nitrogen and oxygen atoms in total. The van der Waals surface area contributed by atoms with Crippen LogP contribution in [0.2, 0.25) is 0 Å². The maximum absolute atomic E-state index is 3.56. The van der Waals surface area contributed by atoms with E-state index in [1.54, 1.807) is 0 Å². The first-order valence-corrected chi connectivity index (χ1v) is 8.52. The molecule has 5 heteroatoms.